The summed E-state index contributed by atoms with van der Waals surface area (Å²) in [6.45, 7) is 4.13. The third kappa shape index (κ3) is 1.45. The number of hydrogen-bond donors (Lipinski definition) is 1. The normalized spacial score (nSPS) is 10.6. The van der Waals surface area contributed by atoms with Crippen LogP contribution in [0.5, 0.6) is 0 Å². The van der Waals surface area contributed by atoms with Crippen LogP contribution in [0.2, 0.25) is 0 Å². The maximum atomic E-state index is 5.40. The molecule has 2 rings (SSSR count). The molecular formula is C9H10N2OS. The molecule has 0 aliphatic carbocycles. The molecule has 0 saturated heterocycles. The Morgan fingerprint density at radius 2 is 2.23 bits per heavy atom. The summed E-state index contributed by atoms with van der Waals surface area (Å²) in [4.78, 5) is 6.36. The molecule has 4 heteroatoms. The first-order valence-corrected chi connectivity index (χ1v) is 4.77. The molecule has 3 nitrogen and oxygen atoms in total. The Kier molecular flexibility index (Phi) is 1.84. The zero-order chi connectivity index (χ0) is 9.42. The molecule has 2 N–H and O–H groups in total. The molecule has 2 aromatic heterocycles. The minimum Gasteiger partial charge on any atom is -0.424 e. The van der Waals surface area contributed by atoms with Gasteiger partial charge in [0, 0.05) is 15.3 Å². The second-order valence-corrected chi connectivity index (χ2v) is 4.35. The van der Waals surface area contributed by atoms with Crippen molar-refractivity contribution in [3.05, 3.63) is 22.0 Å². The molecule has 2 heterocycles. The number of hydrogen-bond acceptors (Lipinski definition) is 4. The van der Waals surface area contributed by atoms with E-state index in [1.165, 1.54) is 9.75 Å². The molecule has 68 valence electrons. The SMILES string of the molecule is Cc1cc(-c2cnc(N)o2)c(C)s1. The third-order valence-electron chi connectivity index (χ3n) is 1.83. The zero-order valence-corrected chi connectivity index (χ0v) is 8.31. The number of nitrogens with two attached hydrogens (primary N) is 1. The summed E-state index contributed by atoms with van der Waals surface area (Å²) in [6.07, 6.45) is 1.66. The summed E-state index contributed by atoms with van der Waals surface area (Å²) < 4.78 is 5.24. The predicted octanol–water partition coefficient (Wildman–Crippen LogP) is 2.60. The van der Waals surface area contributed by atoms with Crippen LogP contribution in [0.25, 0.3) is 11.3 Å². The van der Waals surface area contributed by atoms with Crippen molar-refractivity contribution in [2.24, 2.45) is 0 Å². The van der Waals surface area contributed by atoms with E-state index < -0.39 is 0 Å². The van der Waals surface area contributed by atoms with Crippen LogP contribution in [0.3, 0.4) is 0 Å². The first-order chi connectivity index (χ1) is 6.16. The lowest BCUT2D eigenvalue weighted by atomic mass is 10.2. The molecular weight excluding hydrogens is 184 g/mol. The Morgan fingerprint density at radius 1 is 1.46 bits per heavy atom. The summed E-state index contributed by atoms with van der Waals surface area (Å²) in [6, 6.07) is 2.30. The van der Waals surface area contributed by atoms with E-state index in [0.29, 0.717) is 0 Å². The third-order valence-corrected chi connectivity index (χ3v) is 2.80. The molecule has 0 aliphatic rings. The topological polar surface area (TPSA) is 52.0 Å². The highest BCUT2D eigenvalue weighted by Crippen LogP contribution is 2.31. The van der Waals surface area contributed by atoms with Crippen molar-refractivity contribution in [1.29, 1.82) is 0 Å². The molecule has 0 unspecified atom stereocenters. The van der Waals surface area contributed by atoms with Crippen LogP contribution in [0, 0.1) is 13.8 Å². The molecule has 2 aromatic rings. The number of oxazole rings is 1. The summed E-state index contributed by atoms with van der Waals surface area (Å²) in [5.41, 5.74) is 6.49. The van der Waals surface area contributed by atoms with Gasteiger partial charge in [0.25, 0.3) is 6.01 Å². The average molecular weight is 194 g/mol. The van der Waals surface area contributed by atoms with Gasteiger partial charge in [-0.2, -0.15) is 0 Å². The van der Waals surface area contributed by atoms with Crippen LogP contribution in [-0.4, -0.2) is 4.98 Å². The molecule has 0 amide bonds. The fourth-order valence-electron chi connectivity index (χ4n) is 1.29. The van der Waals surface area contributed by atoms with Crippen molar-refractivity contribution in [1.82, 2.24) is 4.98 Å². The molecule has 0 aliphatic heterocycles. The number of nitrogen functional groups attached to an aromatic ring is 1. The minimum absolute atomic E-state index is 0.221. The van der Waals surface area contributed by atoms with Crippen molar-refractivity contribution >= 4 is 17.4 Å². The smallest absolute Gasteiger partial charge is 0.292 e. The van der Waals surface area contributed by atoms with Gasteiger partial charge in [-0.25, -0.2) is 4.98 Å². The van der Waals surface area contributed by atoms with Gasteiger partial charge in [-0.15, -0.1) is 11.3 Å². The summed E-state index contributed by atoms with van der Waals surface area (Å²) in [5, 5.41) is 0. The number of rotatable bonds is 1. The molecule has 0 saturated carbocycles. The van der Waals surface area contributed by atoms with E-state index >= 15 is 0 Å². The van der Waals surface area contributed by atoms with Gasteiger partial charge in [0.15, 0.2) is 5.76 Å². The van der Waals surface area contributed by atoms with Crippen molar-refractivity contribution in [2.45, 2.75) is 13.8 Å². The van der Waals surface area contributed by atoms with Crippen LogP contribution in [0.4, 0.5) is 6.01 Å². The number of aryl methyl sites for hydroxylation is 2. The van der Waals surface area contributed by atoms with E-state index in [-0.39, 0.29) is 6.01 Å². The number of nitrogens with zero attached hydrogens (tertiary/aromatic N) is 1. The van der Waals surface area contributed by atoms with Crippen LogP contribution in [-0.2, 0) is 0 Å². The van der Waals surface area contributed by atoms with E-state index in [0.717, 1.165) is 11.3 Å². The Labute approximate surface area is 80.2 Å². The number of anilines is 1. The second kappa shape index (κ2) is 2.88. The van der Waals surface area contributed by atoms with Crippen molar-refractivity contribution in [3.63, 3.8) is 0 Å². The highest BCUT2D eigenvalue weighted by atomic mass is 32.1. The van der Waals surface area contributed by atoms with Crippen molar-refractivity contribution < 1.29 is 4.42 Å². The lowest BCUT2D eigenvalue weighted by Crippen LogP contribution is -1.79. The highest BCUT2D eigenvalue weighted by molar-refractivity contribution is 7.12. The van der Waals surface area contributed by atoms with E-state index in [1.807, 2.05) is 0 Å². The molecule has 0 aromatic carbocycles. The molecule has 0 spiro atoms. The first kappa shape index (κ1) is 8.31. The van der Waals surface area contributed by atoms with E-state index in [9.17, 15) is 0 Å². The lowest BCUT2D eigenvalue weighted by molar-refractivity contribution is 0.595. The molecule has 0 bridgehead atoms. The first-order valence-electron chi connectivity index (χ1n) is 3.95. The van der Waals surface area contributed by atoms with Crippen LogP contribution < -0.4 is 5.73 Å². The fourth-order valence-corrected chi connectivity index (χ4v) is 2.22. The summed E-state index contributed by atoms with van der Waals surface area (Å²) in [5.74, 6) is 0.749. The average Bonchev–Trinajstić information content (AvgIpc) is 2.58. The summed E-state index contributed by atoms with van der Waals surface area (Å²) >= 11 is 1.74. The molecule has 0 radical (unpaired) electrons. The van der Waals surface area contributed by atoms with Gasteiger partial charge in [0.2, 0.25) is 0 Å². The molecule has 0 fully saturated rings. The highest BCUT2D eigenvalue weighted by Gasteiger charge is 2.09. The quantitative estimate of drug-likeness (QED) is 0.759. The number of thiophene rings is 1. The van der Waals surface area contributed by atoms with Gasteiger partial charge >= 0.3 is 0 Å². The van der Waals surface area contributed by atoms with Gasteiger partial charge < -0.3 is 10.2 Å². The van der Waals surface area contributed by atoms with Gasteiger partial charge in [-0.3, -0.25) is 0 Å². The Morgan fingerprint density at radius 3 is 2.69 bits per heavy atom. The van der Waals surface area contributed by atoms with Gasteiger partial charge in [0.1, 0.15) is 0 Å². The van der Waals surface area contributed by atoms with Crippen LogP contribution in [0.15, 0.2) is 16.7 Å². The van der Waals surface area contributed by atoms with Crippen LogP contribution in [0.1, 0.15) is 9.75 Å². The van der Waals surface area contributed by atoms with Crippen molar-refractivity contribution in [3.8, 4) is 11.3 Å². The minimum atomic E-state index is 0.221. The molecule has 0 atom stereocenters. The van der Waals surface area contributed by atoms with Crippen molar-refractivity contribution in [2.75, 3.05) is 5.73 Å². The van der Waals surface area contributed by atoms with Gasteiger partial charge in [-0.1, -0.05) is 0 Å². The Hall–Kier alpha value is -1.29. The van der Waals surface area contributed by atoms with E-state index in [4.69, 9.17) is 10.2 Å². The number of aromatic nitrogens is 1. The van der Waals surface area contributed by atoms with E-state index in [1.54, 1.807) is 17.5 Å². The Bertz CT molecular complexity index is 431. The second-order valence-electron chi connectivity index (χ2n) is 2.89. The Balaban J connectivity index is 2.51. The zero-order valence-electron chi connectivity index (χ0n) is 7.50. The largest absolute Gasteiger partial charge is 0.424 e. The summed E-state index contributed by atoms with van der Waals surface area (Å²) in [7, 11) is 0. The molecule has 13 heavy (non-hydrogen) atoms. The maximum absolute atomic E-state index is 5.40. The van der Waals surface area contributed by atoms with Gasteiger partial charge in [-0.05, 0) is 19.9 Å². The van der Waals surface area contributed by atoms with Crippen LogP contribution >= 0.6 is 11.3 Å². The maximum Gasteiger partial charge on any atom is 0.292 e. The predicted molar refractivity (Wildman–Crippen MR) is 53.7 cm³/mol. The fraction of sp³-hybridized carbons (Fsp3) is 0.222. The van der Waals surface area contributed by atoms with Gasteiger partial charge in [0.05, 0.1) is 6.20 Å². The van der Waals surface area contributed by atoms with E-state index in [2.05, 4.69) is 24.9 Å². The monoisotopic (exact) mass is 194 g/mol. The standard InChI is InChI=1S/C9H10N2OS/c1-5-3-7(6(2)13-5)8-4-11-9(10)12-8/h3-4H,1-2H3,(H2,10,11). The lowest BCUT2D eigenvalue weighted by Gasteiger charge is -1.90.